The van der Waals surface area contributed by atoms with Gasteiger partial charge >= 0.3 is 6.03 Å². The number of nitrogens with two attached hydrogens (primary N) is 1. The van der Waals surface area contributed by atoms with Crippen molar-refractivity contribution >= 4 is 37.1 Å². The summed E-state index contributed by atoms with van der Waals surface area (Å²) >= 11 is 0. The number of urea groups is 1. The SMILES string of the molecule is C.CC(C)n1cc(S(=O)(=O)CC2CCN(C(=O)Nc3ccncc3)CC2)cn1.CC(C)n1cc(S(=O)(=O)CC2CCNCC2)cn1.Nc1ccncc1. The van der Waals surface area contributed by atoms with Gasteiger partial charge in [0.05, 0.1) is 23.9 Å². The first-order chi connectivity index (χ1) is 24.7. The monoisotopic (exact) mass is 772 g/mol. The van der Waals surface area contributed by atoms with Crippen molar-refractivity contribution in [3.05, 3.63) is 73.8 Å². The summed E-state index contributed by atoms with van der Waals surface area (Å²) < 4.78 is 53.1. The van der Waals surface area contributed by atoms with Gasteiger partial charge in [0, 0.05) is 73.7 Å². The Balaban J connectivity index is 0.000000249. The van der Waals surface area contributed by atoms with Crippen molar-refractivity contribution in [1.82, 2.24) is 39.7 Å². The van der Waals surface area contributed by atoms with E-state index in [1.807, 2.05) is 27.7 Å². The van der Waals surface area contributed by atoms with Crippen LogP contribution in [0.15, 0.2) is 83.6 Å². The summed E-state index contributed by atoms with van der Waals surface area (Å²) in [6.07, 6.45) is 15.9. The van der Waals surface area contributed by atoms with Crippen molar-refractivity contribution < 1.29 is 21.6 Å². The average Bonchev–Trinajstić information content (AvgIpc) is 3.83. The van der Waals surface area contributed by atoms with Crippen molar-refractivity contribution in [3.8, 4) is 0 Å². The van der Waals surface area contributed by atoms with E-state index in [-0.39, 0.29) is 53.8 Å². The molecule has 0 spiro atoms. The van der Waals surface area contributed by atoms with E-state index in [9.17, 15) is 21.6 Å². The van der Waals surface area contributed by atoms with Gasteiger partial charge in [0.1, 0.15) is 9.79 Å². The minimum atomic E-state index is -3.37. The number of anilines is 2. The number of piperidine rings is 2. The van der Waals surface area contributed by atoms with Crippen LogP contribution in [0.25, 0.3) is 0 Å². The van der Waals surface area contributed by atoms with E-state index >= 15 is 0 Å². The summed E-state index contributed by atoms with van der Waals surface area (Å²) in [5.74, 6) is 0.663. The average molecular weight is 773 g/mol. The van der Waals surface area contributed by atoms with E-state index in [0.29, 0.717) is 36.5 Å². The third kappa shape index (κ3) is 13.5. The predicted molar refractivity (Wildman–Crippen MR) is 208 cm³/mol. The van der Waals surface area contributed by atoms with Crippen LogP contribution in [0.5, 0.6) is 0 Å². The minimum absolute atomic E-state index is 0. The molecule has 0 unspecified atom stereocenters. The number of pyridine rings is 2. The Bertz CT molecular complexity index is 1890. The fourth-order valence-electron chi connectivity index (χ4n) is 5.69. The maximum Gasteiger partial charge on any atom is 0.321 e. The largest absolute Gasteiger partial charge is 0.399 e. The van der Waals surface area contributed by atoms with Gasteiger partial charge in [-0.25, -0.2) is 21.6 Å². The Labute approximate surface area is 314 Å². The zero-order valence-corrected chi connectivity index (χ0v) is 32.0. The van der Waals surface area contributed by atoms with Gasteiger partial charge in [0.25, 0.3) is 0 Å². The highest BCUT2D eigenvalue weighted by Gasteiger charge is 2.29. The highest BCUT2D eigenvalue weighted by molar-refractivity contribution is 7.91. The van der Waals surface area contributed by atoms with Crippen molar-refractivity contribution in [2.45, 2.75) is 82.7 Å². The summed E-state index contributed by atoms with van der Waals surface area (Å²) in [6.45, 7) is 10.8. The number of sulfone groups is 2. The second kappa shape index (κ2) is 20.2. The number of nitrogen functional groups attached to an aromatic ring is 1. The predicted octanol–water partition coefficient (Wildman–Crippen LogP) is 5.11. The number of carbonyl (C=O) groups is 1. The van der Waals surface area contributed by atoms with Crippen LogP contribution in [0.1, 0.15) is 72.9 Å². The number of rotatable bonds is 9. The van der Waals surface area contributed by atoms with Gasteiger partial charge in [-0.2, -0.15) is 10.2 Å². The van der Waals surface area contributed by atoms with Gasteiger partial charge in [0.2, 0.25) is 0 Å². The van der Waals surface area contributed by atoms with Gasteiger partial charge in [-0.3, -0.25) is 19.3 Å². The van der Waals surface area contributed by atoms with Crippen LogP contribution in [0.2, 0.25) is 0 Å². The Morgan fingerprint density at radius 2 is 1.21 bits per heavy atom. The van der Waals surface area contributed by atoms with Gasteiger partial charge in [-0.05, 0) is 103 Å². The van der Waals surface area contributed by atoms with Gasteiger partial charge in [-0.1, -0.05) is 7.43 Å². The maximum atomic E-state index is 12.6. The third-order valence-electron chi connectivity index (χ3n) is 8.84. The third-order valence-corrected chi connectivity index (χ3v) is 12.5. The molecule has 0 radical (unpaired) electrons. The topological polar surface area (TPSA) is 200 Å². The highest BCUT2D eigenvalue weighted by Crippen LogP contribution is 2.24. The molecule has 4 aromatic rings. The van der Waals surface area contributed by atoms with E-state index in [1.54, 1.807) is 75.7 Å². The first-order valence-electron chi connectivity index (χ1n) is 17.6. The molecule has 2 aliphatic rings. The molecule has 0 aromatic carbocycles. The van der Waals surface area contributed by atoms with E-state index in [4.69, 9.17) is 5.73 Å². The molecule has 0 bridgehead atoms. The van der Waals surface area contributed by atoms with E-state index in [0.717, 1.165) is 31.6 Å². The minimum Gasteiger partial charge on any atom is -0.399 e. The lowest BCUT2D eigenvalue weighted by Gasteiger charge is -2.31. The molecule has 4 N–H and O–H groups in total. The molecule has 53 heavy (non-hydrogen) atoms. The van der Waals surface area contributed by atoms with E-state index in [2.05, 4.69) is 30.8 Å². The number of amides is 2. The maximum absolute atomic E-state index is 12.6. The second-order valence-corrected chi connectivity index (χ2v) is 17.7. The van der Waals surface area contributed by atoms with Crippen LogP contribution >= 0.6 is 0 Å². The molecular weight excluding hydrogens is 717 g/mol. The Morgan fingerprint density at radius 1 is 0.774 bits per heavy atom. The number of hydrogen-bond acceptors (Lipinski definition) is 11. The molecule has 0 aliphatic carbocycles. The molecular formula is C36H56N10O5S2. The Kier molecular flexibility index (Phi) is 16.4. The Morgan fingerprint density at radius 3 is 1.60 bits per heavy atom. The summed E-state index contributed by atoms with van der Waals surface area (Å²) in [5.41, 5.74) is 6.77. The lowest BCUT2D eigenvalue weighted by atomic mass is 9.99. The number of hydrogen-bond donors (Lipinski definition) is 3. The molecule has 292 valence electrons. The number of likely N-dealkylation sites (tertiary alicyclic amines) is 1. The molecule has 2 aliphatic heterocycles. The van der Waals surface area contributed by atoms with Crippen LogP contribution in [0.3, 0.4) is 0 Å². The van der Waals surface area contributed by atoms with Crippen LogP contribution in [0.4, 0.5) is 16.2 Å². The molecule has 2 fully saturated rings. The van der Waals surface area contributed by atoms with Gasteiger partial charge < -0.3 is 21.3 Å². The number of aromatic nitrogens is 6. The van der Waals surface area contributed by atoms with Crippen molar-refractivity contribution in [1.29, 1.82) is 0 Å². The molecule has 2 saturated heterocycles. The molecule has 6 rings (SSSR count). The van der Waals surface area contributed by atoms with Gasteiger partial charge in [-0.15, -0.1) is 0 Å². The molecule has 2 amide bonds. The summed E-state index contributed by atoms with van der Waals surface area (Å²) in [6, 6.07) is 7.10. The zero-order valence-electron chi connectivity index (χ0n) is 30.4. The first kappa shape index (κ1) is 43.1. The second-order valence-electron chi connectivity index (χ2n) is 13.6. The lowest BCUT2D eigenvalue weighted by molar-refractivity contribution is 0.187. The van der Waals surface area contributed by atoms with Crippen LogP contribution in [-0.4, -0.2) is 95.0 Å². The van der Waals surface area contributed by atoms with Crippen molar-refractivity contribution in [2.75, 3.05) is 48.7 Å². The van der Waals surface area contributed by atoms with E-state index < -0.39 is 19.7 Å². The molecule has 0 atom stereocenters. The molecule has 4 aromatic heterocycles. The Hall–Kier alpha value is -4.35. The standard InChI is InChI=1S/C18H25N5O3S.C12H21N3O2S.C5H6N2.CH4/c1-14(2)23-12-17(11-20-23)27(25,26)13-15-5-9-22(10-6-15)18(24)21-16-3-7-19-8-4-16;1-10(2)15-8-12(7-14-15)18(16,17)9-11-3-5-13-6-4-11;6-5-1-3-7-4-2-5;/h3-4,7-8,11-12,14-15H,5-6,9-10,13H2,1-2H3,(H,19,21,24);7-8,10-11,13H,3-6,9H2,1-2H3;1-4H,(H2,6,7);1H4. The molecule has 6 heterocycles. The fourth-order valence-corrected chi connectivity index (χ4v) is 8.94. The van der Waals surface area contributed by atoms with Gasteiger partial charge in [0.15, 0.2) is 19.7 Å². The van der Waals surface area contributed by atoms with Crippen LogP contribution in [0, 0.1) is 11.8 Å². The summed E-state index contributed by atoms with van der Waals surface area (Å²) in [5, 5.41) is 14.3. The van der Waals surface area contributed by atoms with Crippen molar-refractivity contribution in [2.24, 2.45) is 11.8 Å². The number of nitrogens with one attached hydrogen (secondary N) is 2. The van der Waals surface area contributed by atoms with Crippen LogP contribution < -0.4 is 16.4 Å². The smallest absolute Gasteiger partial charge is 0.321 e. The number of nitrogens with zero attached hydrogens (tertiary/aromatic N) is 7. The zero-order chi connectivity index (χ0) is 37.7. The van der Waals surface area contributed by atoms with E-state index in [1.165, 1.54) is 12.4 Å². The molecule has 17 heteroatoms. The number of carbonyl (C=O) groups excluding carboxylic acids is 1. The summed E-state index contributed by atoms with van der Waals surface area (Å²) in [7, 11) is -6.55. The highest BCUT2D eigenvalue weighted by atomic mass is 32.2. The lowest BCUT2D eigenvalue weighted by Crippen LogP contribution is -2.42. The van der Waals surface area contributed by atoms with Crippen molar-refractivity contribution in [3.63, 3.8) is 0 Å². The molecule has 0 saturated carbocycles. The quantitative estimate of drug-likeness (QED) is 0.204. The van der Waals surface area contributed by atoms with Crippen LogP contribution in [-0.2, 0) is 19.7 Å². The molecule has 15 nitrogen and oxygen atoms in total. The summed E-state index contributed by atoms with van der Waals surface area (Å²) in [4.78, 5) is 22.3. The first-order valence-corrected chi connectivity index (χ1v) is 20.9. The fraction of sp³-hybridized carbons (Fsp3) is 0.528. The normalized spacial score (nSPS) is 15.5.